The molecule has 6 nitrogen and oxygen atoms in total. The highest BCUT2D eigenvalue weighted by Gasteiger charge is 2.08. The Hall–Kier alpha value is -2.73. The number of non-ortho nitro benzene ring substituents is 1. The van der Waals surface area contributed by atoms with Crippen molar-refractivity contribution >= 4 is 17.3 Å². The maximum absolute atomic E-state index is 10.6. The third kappa shape index (κ3) is 3.12. The summed E-state index contributed by atoms with van der Waals surface area (Å²) in [5, 5.41) is 18.3. The molecule has 2 aromatic carbocycles. The number of hydrogen-bond donors (Lipinski definition) is 1. The van der Waals surface area contributed by atoms with Crippen molar-refractivity contribution in [2.24, 2.45) is 0 Å². The first kappa shape index (κ1) is 14.2. The van der Waals surface area contributed by atoms with Crippen molar-refractivity contribution in [2.75, 3.05) is 0 Å². The highest BCUT2D eigenvalue weighted by molar-refractivity contribution is 6.30. The van der Waals surface area contributed by atoms with Crippen LogP contribution in [-0.2, 0) is 6.42 Å². The van der Waals surface area contributed by atoms with Gasteiger partial charge < -0.3 is 0 Å². The maximum Gasteiger partial charge on any atom is 0.269 e. The Balaban J connectivity index is 1.78. The summed E-state index contributed by atoms with van der Waals surface area (Å²) in [6, 6.07) is 13.7. The molecule has 1 aromatic heterocycles. The SMILES string of the molecule is O=[N+]([O-])c1ccc(Cc2nc(-c3cccc(Cl)c3)n[nH]2)cc1. The van der Waals surface area contributed by atoms with Gasteiger partial charge in [-0.25, -0.2) is 4.98 Å². The number of nitro groups is 1. The van der Waals surface area contributed by atoms with Gasteiger partial charge in [0.2, 0.25) is 0 Å². The number of nitrogens with zero attached hydrogens (tertiary/aromatic N) is 3. The van der Waals surface area contributed by atoms with E-state index in [9.17, 15) is 10.1 Å². The molecule has 0 saturated carbocycles. The molecule has 0 aliphatic carbocycles. The van der Waals surface area contributed by atoms with Crippen molar-refractivity contribution in [2.45, 2.75) is 6.42 Å². The van der Waals surface area contributed by atoms with Gasteiger partial charge in [-0.2, -0.15) is 5.10 Å². The van der Waals surface area contributed by atoms with E-state index in [1.165, 1.54) is 12.1 Å². The molecule has 0 amide bonds. The normalized spacial score (nSPS) is 10.6. The van der Waals surface area contributed by atoms with Crippen molar-refractivity contribution in [1.82, 2.24) is 15.2 Å². The minimum absolute atomic E-state index is 0.0703. The zero-order valence-corrected chi connectivity index (χ0v) is 12.1. The maximum atomic E-state index is 10.6. The molecule has 22 heavy (non-hydrogen) atoms. The van der Waals surface area contributed by atoms with Crippen LogP contribution in [0.1, 0.15) is 11.4 Å². The first-order valence-electron chi connectivity index (χ1n) is 6.52. The van der Waals surface area contributed by atoms with Gasteiger partial charge in [0.1, 0.15) is 5.82 Å². The molecule has 0 unspecified atom stereocenters. The summed E-state index contributed by atoms with van der Waals surface area (Å²) in [6.07, 6.45) is 0.519. The fourth-order valence-electron chi connectivity index (χ4n) is 2.06. The van der Waals surface area contributed by atoms with E-state index in [0.29, 0.717) is 23.1 Å². The van der Waals surface area contributed by atoms with Crippen LogP contribution >= 0.6 is 11.6 Å². The number of aromatic amines is 1. The van der Waals surface area contributed by atoms with Gasteiger partial charge >= 0.3 is 0 Å². The summed E-state index contributed by atoms with van der Waals surface area (Å²) >= 11 is 5.95. The van der Waals surface area contributed by atoms with Crippen molar-refractivity contribution in [1.29, 1.82) is 0 Å². The third-order valence-electron chi connectivity index (χ3n) is 3.13. The third-order valence-corrected chi connectivity index (χ3v) is 3.37. The average molecular weight is 315 g/mol. The van der Waals surface area contributed by atoms with E-state index in [1.54, 1.807) is 24.3 Å². The highest BCUT2D eigenvalue weighted by atomic mass is 35.5. The Labute approximate surface area is 130 Å². The van der Waals surface area contributed by atoms with Crippen LogP contribution in [0.15, 0.2) is 48.5 Å². The number of nitro benzene ring substituents is 1. The standard InChI is InChI=1S/C15H11ClN4O2/c16-12-3-1-2-11(9-12)15-17-14(18-19-15)8-10-4-6-13(7-5-10)20(21)22/h1-7,9H,8H2,(H,17,18,19). The monoisotopic (exact) mass is 314 g/mol. The van der Waals surface area contributed by atoms with Gasteiger partial charge in [0.15, 0.2) is 5.82 Å². The van der Waals surface area contributed by atoms with E-state index in [4.69, 9.17) is 11.6 Å². The lowest BCUT2D eigenvalue weighted by Gasteiger charge is -1.97. The summed E-state index contributed by atoms with van der Waals surface area (Å²) in [6.45, 7) is 0. The van der Waals surface area contributed by atoms with Crippen molar-refractivity contribution in [3.05, 3.63) is 75.1 Å². The molecule has 1 heterocycles. The largest absolute Gasteiger partial charge is 0.269 e. The van der Waals surface area contributed by atoms with Crippen molar-refractivity contribution in [3.63, 3.8) is 0 Å². The molecule has 3 rings (SSSR count). The summed E-state index contributed by atoms with van der Waals surface area (Å²) in [5.41, 5.74) is 1.82. The Morgan fingerprint density at radius 1 is 1.18 bits per heavy atom. The summed E-state index contributed by atoms with van der Waals surface area (Å²) in [4.78, 5) is 14.6. The highest BCUT2D eigenvalue weighted by Crippen LogP contribution is 2.20. The second-order valence-corrected chi connectivity index (χ2v) is 5.15. The summed E-state index contributed by atoms with van der Waals surface area (Å²) < 4.78 is 0. The van der Waals surface area contributed by atoms with E-state index in [-0.39, 0.29) is 5.69 Å². The van der Waals surface area contributed by atoms with Crippen LogP contribution in [0.25, 0.3) is 11.4 Å². The Morgan fingerprint density at radius 3 is 2.64 bits per heavy atom. The second kappa shape index (κ2) is 5.95. The minimum atomic E-state index is -0.421. The molecular weight excluding hydrogens is 304 g/mol. The van der Waals surface area contributed by atoms with Crippen LogP contribution in [0, 0.1) is 10.1 Å². The molecule has 0 aliphatic heterocycles. The fraction of sp³-hybridized carbons (Fsp3) is 0.0667. The Morgan fingerprint density at radius 2 is 1.95 bits per heavy atom. The average Bonchev–Trinajstić information content (AvgIpc) is 2.96. The fourth-order valence-corrected chi connectivity index (χ4v) is 2.25. The molecule has 0 atom stereocenters. The van der Waals surface area contributed by atoms with Gasteiger partial charge in [-0.15, -0.1) is 0 Å². The number of benzene rings is 2. The zero-order valence-electron chi connectivity index (χ0n) is 11.4. The molecule has 3 aromatic rings. The van der Waals surface area contributed by atoms with Crippen LogP contribution in [-0.4, -0.2) is 20.1 Å². The molecule has 0 aliphatic rings. The van der Waals surface area contributed by atoms with Crippen LogP contribution in [0.5, 0.6) is 0 Å². The van der Waals surface area contributed by atoms with E-state index in [1.807, 2.05) is 12.1 Å². The molecule has 110 valence electrons. The lowest BCUT2D eigenvalue weighted by atomic mass is 10.1. The second-order valence-electron chi connectivity index (χ2n) is 4.72. The van der Waals surface area contributed by atoms with Gasteiger partial charge in [-0.05, 0) is 17.7 Å². The number of H-pyrrole nitrogens is 1. The van der Waals surface area contributed by atoms with Crippen LogP contribution in [0.3, 0.4) is 0 Å². The molecule has 0 saturated heterocycles. The van der Waals surface area contributed by atoms with E-state index >= 15 is 0 Å². The molecule has 0 bridgehead atoms. The topological polar surface area (TPSA) is 84.7 Å². The lowest BCUT2D eigenvalue weighted by molar-refractivity contribution is -0.384. The smallest absolute Gasteiger partial charge is 0.262 e. The van der Waals surface area contributed by atoms with Gasteiger partial charge in [0.25, 0.3) is 5.69 Å². The first-order valence-corrected chi connectivity index (χ1v) is 6.90. The Kier molecular flexibility index (Phi) is 3.84. The van der Waals surface area contributed by atoms with Gasteiger partial charge in [0.05, 0.1) is 4.92 Å². The van der Waals surface area contributed by atoms with Crippen LogP contribution in [0.4, 0.5) is 5.69 Å². The minimum Gasteiger partial charge on any atom is -0.262 e. The van der Waals surface area contributed by atoms with E-state index < -0.39 is 4.92 Å². The van der Waals surface area contributed by atoms with Crippen LogP contribution < -0.4 is 0 Å². The predicted molar refractivity (Wildman–Crippen MR) is 82.7 cm³/mol. The number of aromatic nitrogens is 3. The van der Waals surface area contributed by atoms with E-state index in [2.05, 4.69) is 15.2 Å². The van der Waals surface area contributed by atoms with Gasteiger partial charge in [-0.3, -0.25) is 15.2 Å². The summed E-state index contributed by atoms with van der Waals surface area (Å²) in [7, 11) is 0. The molecule has 0 fully saturated rings. The van der Waals surface area contributed by atoms with Gasteiger partial charge in [0, 0.05) is 29.1 Å². The number of halogens is 1. The van der Waals surface area contributed by atoms with Gasteiger partial charge in [-0.1, -0.05) is 35.9 Å². The molecular formula is C15H11ClN4O2. The Bertz CT molecular complexity index is 814. The quantitative estimate of drug-likeness (QED) is 0.588. The molecule has 0 spiro atoms. The first-order chi connectivity index (χ1) is 10.6. The van der Waals surface area contributed by atoms with Crippen molar-refractivity contribution in [3.8, 4) is 11.4 Å². The lowest BCUT2D eigenvalue weighted by Crippen LogP contribution is -1.92. The number of nitrogens with one attached hydrogen (secondary N) is 1. The number of hydrogen-bond acceptors (Lipinski definition) is 4. The van der Waals surface area contributed by atoms with Crippen molar-refractivity contribution < 1.29 is 4.92 Å². The molecule has 1 N–H and O–H groups in total. The predicted octanol–water partition coefficient (Wildman–Crippen LogP) is 3.62. The van der Waals surface area contributed by atoms with Crippen LogP contribution in [0.2, 0.25) is 5.02 Å². The molecule has 0 radical (unpaired) electrons. The molecule has 7 heteroatoms. The van der Waals surface area contributed by atoms with E-state index in [0.717, 1.165) is 11.1 Å². The summed E-state index contributed by atoms with van der Waals surface area (Å²) in [5.74, 6) is 1.25. The zero-order chi connectivity index (χ0) is 15.5. The number of rotatable bonds is 4.